The molecule has 2 aromatic rings. The van der Waals surface area contributed by atoms with Crippen molar-refractivity contribution >= 4 is 22.8 Å². The number of hydrogen-bond acceptors (Lipinski definition) is 6. The first-order valence-electron chi connectivity index (χ1n) is 11.6. The quantitative estimate of drug-likeness (QED) is 0.368. The van der Waals surface area contributed by atoms with Gasteiger partial charge in [-0.25, -0.2) is 9.59 Å². The second-order valence-corrected chi connectivity index (χ2v) is 10.1. The average molecular weight is 506 g/mol. The second kappa shape index (κ2) is 10.4. The number of carbonyl (C=O) groups is 2. The van der Waals surface area contributed by atoms with E-state index >= 15 is 8.78 Å². The van der Waals surface area contributed by atoms with Crippen LogP contribution >= 0.6 is 0 Å². The monoisotopic (exact) mass is 505 g/mol. The minimum atomic E-state index is -3.36. The molecular formula is C27H33F2NO6. The number of amides is 1. The highest BCUT2D eigenvalue weighted by Crippen LogP contribution is 2.42. The van der Waals surface area contributed by atoms with Crippen molar-refractivity contribution in [3.8, 4) is 5.75 Å². The molecule has 9 heteroatoms. The fourth-order valence-electron chi connectivity index (χ4n) is 4.20. The predicted octanol–water partition coefficient (Wildman–Crippen LogP) is 5.45. The van der Waals surface area contributed by atoms with Crippen LogP contribution in [-0.4, -0.2) is 61.6 Å². The first kappa shape index (κ1) is 27.4. The number of benzene rings is 2. The smallest absolute Gasteiger partial charge is 0.411 e. The lowest BCUT2D eigenvalue weighted by atomic mass is 9.99. The lowest BCUT2D eigenvalue weighted by Crippen LogP contribution is -2.44. The summed E-state index contributed by atoms with van der Waals surface area (Å²) in [4.78, 5) is 26.6. The number of hydrogen-bond donors (Lipinski definition) is 0. The number of carbonyl (C=O) groups excluding carboxylic acids is 2. The Kier molecular flexibility index (Phi) is 7.93. The van der Waals surface area contributed by atoms with Crippen molar-refractivity contribution in [3.05, 3.63) is 54.1 Å². The van der Waals surface area contributed by atoms with E-state index in [-0.39, 0.29) is 30.9 Å². The zero-order chi connectivity index (χ0) is 26.7. The lowest BCUT2D eigenvalue weighted by molar-refractivity contribution is -0.145. The van der Waals surface area contributed by atoms with Crippen molar-refractivity contribution in [2.45, 2.75) is 57.3 Å². The molecular weight excluding hydrogens is 472 g/mol. The minimum Gasteiger partial charge on any atom is -0.485 e. The van der Waals surface area contributed by atoms with E-state index in [1.807, 2.05) is 0 Å². The molecule has 0 aliphatic carbocycles. The van der Waals surface area contributed by atoms with Crippen LogP contribution < -0.4 is 4.74 Å². The number of esters is 1. The molecule has 0 unspecified atom stereocenters. The molecule has 0 spiro atoms. The van der Waals surface area contributed by atoms with Crippen LogP contribution in [0.3, 0.4) is 0 Å². The van der Waals surface area contributed by atoms with Gasteiger partial charge in [-0.3, -0.25) is 4.90 Å². The van der Waals surface area contributed by atoms with Crippen molar-refractivity contribution in [1.82, 2.24) is 4.90 Å². The Morgan fingerprint density at radius 2 is 1.78 bits per heavy atom. The van der Waals surface area contributed by atoms with Gasteiger partial charge in [-0.1, -0.05) is 30.3 Å². The Morgan fingerprint density at radius 1 is 1.14 bits per heavy atom. The largest absolute Gasteiger partial charge is 0.485 e. The third-order valence-electron chi connectivity index (χ3n) is 5.76. The van der Waals surface area contributed by atoms with E-state index in [2.05, 4.69) is 0 Å². The van der Waals surface area contributed by atoms with E-state index in [0.29, 0.717) is 10.8 Å². The van der Waals surface area contributed by atoms with Crippen molar-refractivity contribution in [3.63, 3.8) is 0 Å². The lowest BCUT2D eigenvalue weighted by Gasteiger charge is -2.30. The van der Waals surface area contributed by atoms with E-state index in [9.17, 15) is 9.59 Å². The second-order valence-electron chi connectivity index (χ2n) is 10.1. The Hall–Kier alpha value is -3.20. The van der Waals surface area contributed by atoms with Crippen molar-refractivity contribution in [2.75, 3.05) is 27.4 Å². The summed E-state index contributed by atoms with van der Waals surface area (Å²) in [6, 6.07) is 9.07. The van der Waals surface area contributed by atoms with Gasteiger partial charge in [0, 0.05) is 13.5 Å². The van der Waals surface area contributed by atoms with Gasteiger partial charge in [-0.2, -0.15) is 8.78 Å². The van der Waals surface area contributed by atoms with Crippen LogP contribution in [0.5, 0.6) is 5.75 Å². The number of alkyl halides is 2. The van der Waals surface area contributed by atoms with Crippen LogP contribution in [0, 0.1) is 0 Å². The topological polar surface area (TPSA) is 74.3 Å². The van der Waals surface area contributed by atoms with E-state index in [1.165, 1.54) is 31.3 Å². The average Bonchev–Trinajstić information content (AvgIpc) is 3.14. The number of likely N-dealkylation sites (tertiary alicyclic amines) is 1. The number of halogens is 2. The highest BCUT2D eigenvalue weighted by atomic mass is 19.3. The minimum absolute atomic E-state index is 0.0305. The Labute approximate surface area is 209 Å². The van der Waals surface area contributed by atoms with Gasteiger partial charge in [0.05, 0.1) is 25.8 Å². The molecule has 0 aromatic heterocycles. The van der Waals surface area contributed by atoms with E-state index in [1.54, 1.807) is 58.0 Å². The molecule has 1 heterocycles. The van der Waals surface area contributed by atoms with Crippen molar-refractivity contribution < 1.29 is 37.3 Å². The number of allylic oxidation sites excluding steroid dienone is 1. The van der Waals surface area contributed by atoms with Gasteiger partial charge in [0.15, 0.2) is 0 Å². The summed E-state index contributed by atoms with van der Waals surface area (Å²) in [6.07, 6.45) is 1.34. The fraction of sp³-hybridized carbons (Fsp3) is 0.481. The molecule has 1 amide bonds. The number of nitrogens with zero attached hydrogens (tertiary/aromatic N) is 1. The van der Waals surface area contributed by atoms with Crippen LogP contribution in [0.4, 0.5) is 13.6 Å². The molecule has 1 aliphatic rings. The van der Waals surface area contributed by atoms with E-state index in [0.717, 1.165) is 6.08 Å². The van der Waals surface area contributed by atoms with Crippen LogP contribution in [0.15, 0.2) is 48.6 Å². The van der Waals surface area contributed by atoms with Crippen molar-refractivity contribution in [1.29, 1.82) is 0 Å². The van der Waals surface area contributed by atoms with Gasteiger partial charge in [-0.15, -0.1) is 0 Å². The highest BCUT2D eigenvalue weighted by molar-refractivity contribution is 5.85. The van der Waals surface area contributed by atoms with Crippen molar-refractivity contribution in [2.24, 2.45) is 0 Å². The summed E-state index contributed by atoms with van der Waals surface area (Å²) in [5, 5.41) is 1.34. The van der Waals surface area contributed by atoms with Crippen LogP contribution in [0.2, 0.25) is 0 Å². The summed E-state index contributed by atoms with van der Waals surface area (Å²) in [5.41, 5.74) is -2.29. The van der Waals surface area contributed by atoms with Gasteiger partial charge in [0.2, 0.25) is 0 Å². The molecule has 0 saturated carbocycles. The first-order chi connectivity index (χ1) is 16.8. The number of rotatable bonds is 7. The van der Waals surface area contributed by atoms with Crippen LogP contribution in [0.25, 0.3) is 10.8 Å². The molecule has 2 atom stereocenters. The molecule has 1 fully saturated rings. The summed E-state index contributed by atoms with van der Waals surface area (Å²) >= 11 is 0. The number of methoxy groups -OCH3 is 2. The maximum absolute atomic E-state index is 15.3. The number of fused-ring (bicyclic) bond motifs is 1. The molecule has 0 bridgehead atoms. The van der Waals surface area contributed by atoms with E-state index < -0.39 is 35.2 Å². The fourth-order valence-corrected chi connectivity index (χ4v) is 4.20. The molecule has 7 nitrogen and oxygen atoms in total. The summed E-state index contributed by atoms with van der Waals surface area (Å²) in [5.74, 6) is -4.04. The molecule has 1 aliphatic heterocycles. The highest BCUT2D eigenvalue weighted by Gasteiger charge is 2.50. The zero-order valence-corrected chi connectivity index (χ0v) is 21.5. The van der Waals surface area contributed by atoms with Gasteiger partial charge in [0.1, 0.15) is 23.0 Å². The third-order valence-corrected chi connectivity index (χ3v) is 5.76. The molecule has 196 valence electrons. The van der Waals surface area contributed by atoms with E-state index in [4.69, 9.17) is 18.9 Å². The molecule has 3 rings (SSSR count). The van der Waals surface area contributed by atoms with Gasteiger partial charge in [-0.05, 0) is 56.7 Å². The van der Waals surface area contributed by atoms with Gasteiger partial charge >= 0.3 is 12.1 Å². The Bertz CT molecular complexity index is 1140. The normalized spacial score (nSPS) is 20.7. The molecule has 0 N–H and O–H groups in total. The summed E-state index contributed by atoms with van der Waals surface area (Å²) < 4.78 is 52.1. The molecule has 2 aromatic carbocycles. The van der Waals surface area contributed by atoms with Crippen LogP contribution in [0.1, 0.15) is 39.7 Å². The third kappa shape index (κ3) is 6.32. The van der Waals surface area contributed by atoms with Gasteiger partial charge < -0.3 is 18.9 Å². The van der Waals surface area contributed by atoms with Crippen LogP contribution in [-0.2, 0) is 24.9 Å². The maximum Gasteiger partial charge on any atom is 0.411 e. The molecule has 36 heavy (non-hydrogen) atoms. The molecule has 0 radical (unpaired) electrons. The molecule has 1 saturated heterocycles. The Morgan fingerprint density at radius 3 is 2.36 bits per heavy atom. The predicted molar refractivity (Wildman–Crippen MR) is 131 cm³/mol. The van der Waals surface area contributed by atoms with Gasteiger partial charge in [0.25, 0.3) is 5.92 Å². The SMILES string of the molecule is COC/C=C/C(F)(F)c1cc2ccccc2cc1O[C@]1(C)C[C@@H](C(=O)OC)N(C(=O)OC(C)(C)C)C1. The zero-order valence-electron chi connectivity index (χ0n) is 21.5. The summed E-state index contributed by atoms with van der Waals surface area (Å²) in [7, 11) is 2.64. The first-order valence-corrected chi connectivity index (χ1v) is 11.6. The maximum atomic E-state index is 15.3. The summed E-state index contributed by atoms with van der Waals surface area (Å²) in [6.45, 7) is 6.78. The number of ether oxygens (including phenoxy) is 4. The standard InChI is InChI=1S/C27H33F2NO6/c1-25(2,3)36-24(32)30-17-26(4,16-21(30)23(31)34-6)35-22-15-19-11-8-7-10-18(19)14-20(22)27(28,29)12-9-13-33-5/h7-12,14-15,21H,13,16-17H2,1-6H3/b12-9+/t21-,26+/m0/s1. The Balaban J connectivity index is 2.02.